The van der Waals surface area contributed by atoms with Crippen molar-refractivity contribution in [3.05, 3.63) is 64.2 Å². The molecule has 0 aliphatic rings. The number of ether oxygens (including phenoxy) is 1. The molecule has 2 aromatic carbocycles. The lowest BCUT2D eigenvalue weighted by Gasteiger charge is -2.27. The summed E-state index contributed by atoms with van der Waals surface area (Å²) in [6.45, 7) is 10.4. The van der Waals surface area contributed by atoms with Crippen molar-refractivity contribution in [2.45, 2.75) is 40.7 Å². The van der Waals surface area contributed by atoms with Crippen molar-refractivity contribution in [2.75, 3.05) is 12.4 Å². The Kier molecular flexibility index (Phi) is 6.97. The summed E-state index contributed by atoms with van der Waals surface area (Å²) in [5, 5.41) is 7.19. The van der Waals surface area contributed by atoms with E-state index in [-0.39, 0.29) is 12.0 Å². The van der Waals surface area contributed by atoms with Crippen molar-refractivity contribution in [1.29, 1.82) is 0 Å². The molecule has 5 heteroatoms. The van der Waals surface area contributed by atoms with Crippen molar-refractivity contribution in [1.82, 2.24) is 5.32 Å². The van der Waals surface area contributed by atoms with Crippen LogP contribution < -0.4 is 10.6 Å². The lowest BCUT2D eigenvalue weighted by molar-refractivity contribution is 0.0600. The van der Waals surface area contributed by atoms with Gasteiger partial charge in [0.1, 0.15) is 0 Å². The van der Waals surface area contributed by atoms with Crippen molar-refractivity contribution < 1.29 is 9.53 Å². The first-order chi connectivity index (χ1) is 12.7. The molecule has 0 aliphatic heterocycles. The van der Waals surface area contributed by atoms with Crippen molar-refractivity contribution in [3.8, 4) is 0 Å². The standard InChI is InChI=1S/C22H28N2O2S/c1-13(2)20(17-11-10-14(3)12-15(17)4)24-22(27)23-19-9-7-8-18(16(19)5)21(25)26-6/h7-13,20H,1-6H3,(H2,23,24,27)/t20-/m0/s1. The van der Waals surface area contributed by atoms with Gasteiger partial charge >= 0.3 is 5.97 Å². The van der Waals surface area contributed by atoms with Crippen molar-refractivity contribution in [3.63, 3.8) is 0 Å². The van der Waals surface area contributed by atoms with Gasteiger partial charge in [0.2, 0.25) is 0 Å². The molecule has 0 heterocycles. The first-order valence-electron chi connectivity index (χ1n) is 9.07. The summed E-state index contributed by atoms with van der Waals surface area (Å²) in [6.07, 6.45) is 0. The number of carbonyl (C=O) groups is 1. The van der Waals surface area contributed by atoms with Gasteiger partial charge < -0.3 is 15.4 Å². The lowest BCUT2D eigenvalue weighted by atomic mass is 9.92. The summed E-state index contributed by atoms with van der Waals surface area (Å²) in [4.78, 5) is 11.9. The third kappa shape index (κ3) is 5.07. The molecule has 0 unspecified atom stereocenters. The first-order valence-corrected chi connectivity index (χ1v) is 9.48. The Hall–Kier alpha value is -2.40. The maximum Gasteiger partial charge on any atom is 0.338 e. The molecule has 0 fully saturated rings. The Morgan fingerprint density at radius 3 is 2.41 bits per heavy atom. The molecule has 2 N–H and O–H groups in total. The van der Waals surface area contributed by atoms with Gasteiger partial charge in [-0.3, -0.25) is 0 Å². The number of thiocarbonyl (C=S) groups is 1. The molecule has 0 aliphatic carbocycles. The van der Waals surface area contributed by atoms with E-state index in [1.54, 1.807) is 6.07 Å². The van der Waals surface area contributed by atoms with Crippen LogP contribution in [0, 0.1) is 26.7 Å². The summed E-state index contributed by atoms with van der Waals surface area (Å²) in [5.74, 6) is -0.000906. The Morgan fingerprint density at radius 2 is 1.81 bits per heavy atom. The molecule has 0 radical (unpaired) electrons. The molecule has 0 amide bonds. The molecule has 0 spiro atoms. The summed E-state index contributed by atoms with van der Waals surface area (Å²) >= 11 is 5.56. The quantitative estimate of drug-likeness (QED) is 0.556. The highest BCUT2D eigenvalue weighted by Crippen LogP contribution is 2.26. The molecule has 144 valence electrons. The maximum absolute atomic E-state index is 11.9. The second-order valence-electron chi connectivity index (χ2n) is 7.15. The second-order valence-corrected chi connectivity index (χ2v) is 7.56. The van der Waals surface area contributed by atoms with Crippen LogP contribution in [-0.4, -0.2) is 18.2 Å². The second kappa shape index (κ2) is 9.00. The molecule has 0 saturated carbocycles. The van der Waals surface area contributed by atoms with Crippen molar-refractivity contribution >= 4 is 29.0 Å². The number of hydrogen-bond acceptors (Lipinski definition) is 3. The number of benzene rings is 2. The van der Waals surface area contributed by atoms with Crippen LogP contribution in [0.25, 0.3) is 0 Å². The molecule has 27 heavy (non-hydrogen) atoms. The summed E-state index contributed by atoms with van der Waals surface area (Å²) in [5.41, 5.74) is 5.85. The SMILES string of the molecule is COC(=O)c1cccc(NC(=S)N[C@H](c2ccc(C)cc2C)C(C)C)c1C. The van der Waals surface area contributed by atoms with Crippen molar-refractivity contribution in [2.24, 2.45) is 5.92 Å². The van der Waals surface area contributed by atoms with E-state index in [0.29, 0.717) is 16.6 Å². The molecule has 0 saturated heterocycles. The molecular formula is C22H28N2O2S. The van der Waals surface area contributed by atoms with Crippen LogP contribution in [0.1, 0.15) is 52.5 Å². The van der Waals surface area contributed by atoms with Crippen LogP contribution >= 0.6 is 12.2 Å². The van der Waals surface area contributed by atoms with E-state index in [9.17, 15) is 4.79 Å². The number of carbonyl (C=O) groups excluding carboxylic acids is 1. The largest absolute Gasteiger partial charge is 0.465 e. The molecule has 2 aromatic rings. The molecule has 4 nitrogen and oxygen atoms in total. The normalized spacial score (nSPS) is 11.8. The smallest absolute Gasteiger partial charge is 0.338 e. The molecule has 0 bridgehead atoms. The highest BCUT2D eigenvalue weighted by molar-refractivity contribution is 7.80. The fourth-order valence-electron chi connectivity index (χ4n) is 3.18. The predicted octanol–water partition coefficient (Wildman–Crippen LogP) is 5.08. The van der Waals surface area contributed by atoms with E-state index < -0.39 is 0 Å². The van der Waals surface area contributed by atoms with E-state index in [2.05, 4.69) is 56.5 Å². The van der Waals surface area contributed by atoms with Gasteiger partial charge in [-0.2, -0.15) is 0 Å². The summed E-state index contributed by atoms with van der Waals surface area (Å²) in [6, 6.07) is 12.0. The number of anilines is 1. The van der Waals surface area contributed by atoms with Gasteiger partial charge in [-0.05, 0) is 67.7 Å². The number of hydrogen-bond donors (Lipinski definition) is 2. The minimum Gasteiger partial charge on any atom is -0.465 e. The maximum atomic E-state index is 11.9. The Labute approximate surface area is 167 Å². The highest BCUT2D eigenvalue weighted by atomic mass is 32.1. The minimum absolute atomic E-state index is 0.0923. The summed E-state index contributed by atoms with van der Waals surface area (Å²) in [7, 11) is 1.38. The van der Waals surface area contributed by atoms with Crippen LogP contribution in [-0.2, 0) is 4.74 Å². The first kappa shape index (κ1) is 20.9. The van der Waals surface area contributed by atoms with Crippen LogP contribution in [0.15, 0.2) is 36.4 Å². The van der Waals surface area contributed by atoms with Gasteiger partial charge in [-0.25, -0.2) is 4.79 Å². The van der Waals surface area contributed by atoms with Crippen LogP contribution in [0.4, 0.5) is 5.69 Å². The molecule has 0 aromatic heterocycles. The van der Waals surface area contributed by atoms with Gasteiger partial charge in [-0.15, -0.1) is 0 Å². The van der Waals surface area contributed by atoms with E-state index in [1.807, 2.05) is 19.1 Å². The number of rotatable bonds is 5. The average Bonchev–Trinajstić information content (AvgIpc) is 2.61. The molecule has 1 atom stereocenters. The Bertz CT molecular complexity index is 846. The van der Waals surface area contributed by atoms with Gasteiger partial charge in [0.15, 0.2) is 5.11 Å². The Balaban J connectivity index is 2.21. The molecular weight excluding hydrogens is 356 g/mol. The fourth-order valence-corrected chi connectivity index (χ4v) is 3.42. The predicted molar refractivity (Wildman–Crippen MR) is 115 cm³/mol. The zero-order valence-electron chi connectivity index (χ0n) is 16.8. The third-order valence-corrected chi connectivity index (χ3v) is 4.92. The van der Waals surface area contributed by atoms with Gasteiger partial charge in [0, 0.05) is 5.69 Å². The highest BCUT2D eigenvalue weighted by Gasteiger charge is 2.19. The monoisotopic (exact) mass is 384 g/mol. The topological polar surface area (TPSA) is 50.4 Å². The number of nitrogens with one attached hydrogen (secondary N) is 2. The van der Waals surface area contributed by atoms with E-state index in [0.717, 1.165) is 11.3 Å². The van der Waals surface area contributed by atoms with E-state index in [4.69, 9.17) is 17.0 Å². The minimum atomic E-state index is -0.356. The Morgan fingerprint density at radius 1 is 1.11 bits per heavy atom. The van der Waals surface area contributed by atoms with Gasteiger partial charge in [0.25, 0.3) is 0 Å². The number of aryl methyl sites for hydroxylation is 2. The van der Waals surface area contributed by atoms with Gasteiger partial charge in [-0.1, -0.05) is 43.7 Å². The van der Waals surface area contributed by atoms with Crippen LogP contribution in [0.5, 0.6) is 0 Å². The zero-order valence-corrected chi connectivity index (χ0v) is 17.7. The van der Waals surface area contributed by atoms with Crippen LogP contribution in [0.3, 0.4) is 0 Å². The molecule has 2 rings (SSSR count). The number of methoxy groups -OCH3 is 1. The summed E-state index contributed by atoms with van der Waals surface area (Å²) < 4.78 is 4.84. The number of esters is 1. The average molecular weight is 385 g/mol. The van der Waals surface area contributed by atoms with E-state index >= 15 is 0 Å². The zero-order chi connectivity index (χ0) is 20.1. The van der Waals surface area contributed by atoms with E-state index in [1.165, 1.54) is 23.8 Å². The third-order valence-electron chi connectivity index (χ3n) is 4.70. The lowest BCUT2D eigenvalue weighted by Crippen LogP contribution is -2.35. The van der Waals surface area contributed by atoms with Crippen LogP contribution in [0.2, 0.25) is 0 Å². The fraction of sp³-hybridized carbons (Fsp3) is 0.364. The van der Waals surface area contributed by atoms with Gasteiger partial charge in [0.05, 0.1) is 18.7 Å².